The Morgan fingerprint density at radius 1 is 0.406 bits per heavy atom. The summed E-state index contributed by atoms with van der Waals surface area (Å²) in [6.07, 6.45) is 46.7. The topological polar surface area (TPSA) is 548 Å². The minimum Gasteiger partial charge on any atom is -0.401 e. The van der Waals surface area contributed by atoms with Gasteiger partial charge in [0.25, 0.3) is 0 Å². The van der Waals surface area contributed by atoms with E-state index in [0.29, 0.717) is 63.6 Å². The van der Waals surface area contributed by atoms with Crippen molar-refractivity contribution in [2.75, 3.05) is 0 Å². The Kier molecular flexibility index (Phi) is 73.2. The fraction of sp³-hybridized carbons (Fsp3) is 0.607. The molecule has 0 spiro atoms. The number of nitrogens with two attached hydrogens (primary N) is 11. The summed E-state index contributed by atoms with van der Waals surface area (Å²) in [5, 5.41) is 90.5. The molecule has 1 atom stereocenters. The third kappa shape index (κ3) is 65.4. The molecule has 0 bridgehead atoms. The smallest absolute Gasteiger partial charge is 0.0930 e. The van der Waals surface area contributed by atoms with Crippen LogP contribution in [0, 0.1) is 176 Å². The Labute approximate surface area is 643 Å². The van der Waals surface area contributed by atoms with Crippen LogP contribution in [0.1, 0.15) is 277 Å². The summed E-state index contributed by atoms with van der Waals surface area (Å²) in [7, 11) is 0. The van der Waals surface area contributed by atoms with Gasteiger partial charge in [-0.1, -0.05) is 194 Å². The summed E-state index contributed by atoms with van der Waals surface area (Å²) in [4.78, 5) is 0. The Balaban J connectivity index is -0.000000204. The molecule has 0 radical (unpaired) electrons. The molecule has 0 heterocycles. The van der Waals surface area contributed by atoms with Crippen molar-refractivity contribution in [2.24, 2.45) is 115 Å². The number of rotatable bonds is 16. The fourth-order valence-electron chi connectivity index (χ4n) is 9.93. The molecule has 4 aliphatic rings. The fourth-order valence-corrected chi connectivity index (χ4v) is 9.93. The lowest BCUT2D eigenvalue weighted by molar-refractivity contribution is 0.265. The molecule has 0 aromatic carbocycles. The van der Waals surface area contributed by atoms with Crippen molar-refractivity contribution in [3.8, 4) is 66.8 Å². The maximum absolute atomic E-state index is 8.48. The van der Waals surface area contributed by atoms with Crippen molar-refractivity contribution in [1.29, 1.82) is 57.9 Å². The third-order valence-corrected chi connectivity index (χ3v) is 18.0. The van der Waals surface area contributed by atoms with Gasteiger partial charge >= 0.3 is 0 Å². The van der Waals surface area contributed by atoms with Gasteiger partial charge in [0.15, 0.2) is 0 Å². The van der Waals surface area contributed by atoms with Crippen molar-refractivity contribution >= 4 is 0 Å². The zero-order chi connectivity index (χ0) is 83.0. The molecule has 0 aromatic heterocycles. The van der Waals surface area contributed by atoms with Crippen LogP contribution < -0.4 is 63.1 Å². The van der Waals surface area contributed by atoms with Gasteiger partial charge in [-0.15, -0.1) is 0 Å². The number of nitrogens with zero attached hydrogens (tertiary/aromatic N) is 11. The molecular formula is C84H138N22. The normalized spacial score (nSPS) is 16.1. The van der Waals surface area contributed by atoms with Crippen LogP contribution in [0.25, 0.3) is 0 Å². The Bertz CT molecular complexity index is 3230. The Morgan fingerprint density at radius 2 is 0.755 bits per heavy atom. The van der Waals surface area contributed by atoms with Crippen LogP contribution in [0.4, 0.5) is 0 Å². The van der Waals surface area contributed by atoms with E-state index in [9.17, 15) is 0 Å². The average molecular weight is 1460 g/mol. The molecule has 4 saturated carbocycles. The molecule has 4 aliphatic carbocycles. The zero-order valence-electron chi connectivity index (χ0n) is 67.7. The summed E-state index contributed by atoms with van der Waals surface area (Å²) in [5.41, 5.74) is 68.6. The van der Waals surface area contributed by atoms with Crippen LogP contribution in [0.2, 0.25) is 0 Å². The van der Waals surface area contributed by atoms with E-state index in [-0.39, 0.29) is 22.2 Å². The largest absolute Gasteiger partial charge is 0.401 e. The van der Waals surface area contributed by atoms with Gasteiger partial charge in [0.1, 0.15) is 0 Å². The van der Waals surface area contributed by atoms with Crippen LogP contribution in [0.5, 0.6) is 0 Å². The summed E-state index contributed by atoms with van der Waals surface area (Å²) in [6.45, 7) is 30.3. The predicted molar refractivity (Wildman–Crippen MR) is 435 cm³/mol. The van der Waals surface area contributed by atoms with Gasteiger partial charge in [0, 0.05) is 146 Å². The van der Waals surface area contributed by atoms with E-state index < -0.39 is 0 Å². The molecule has 0 aliphatic heterocycles. The number of hydrogen-bond donors (Lipinski definition) is 11. The van der Waals surface area contributed by atoms with Gasteiger partial charge in [0.2, 0.25) is 0 Å². The average Bonchev–Trinajstić information content (AvgIpc) is 1.08. The first kappa shape index (κ1) is 109. The predicted octanol–water partition coefficient (Wildman–Crippen LogP) is 17.4. The molecule has 4 fully saturated rings. The highest BCUT2D eigenvalue weighted by Gasteiger charge is 2.29. The Morgan fingerprint density at radius 3 is 1.08 bits per heavy atom. The van der Waals surface area contributed by atoms with Crippen molar-refractivity contribution in [3.63, 3.8) is 0 Å². The van der Waals surface area contributed by atoms with Gasteiger partial charge in [-0.2, -0.15) is 57.9 Å². The lowest BCUT2D eigenvalue weighted by atomic mass is 9.73. The highest BCUT2D eigenvalue weighted by Crippen LogP contribution is 2.40. The molecule has 22 nitrogen and oxygen atoms in total. The van der Waals surface area contributed by atoms with E-state index >= 15 is 0 Å². The van der Waals surface area contributed by atoms with Gasteiger partial charge in [-0.3, -0.25) is 0 Å². The van der Waals surface area contributed by atoms with Gasteiger partial charge in [-0.25, -0.2) is 0 Å². The SMILES string of the molecule is CC(C)(C)C(N)=CC#N.CC(C)C(N)=CC#N.CC(C)CC(N)=CC#N.CC1(C(N)=CC#N)CCCCC1.CCC(C)(CC)C(N)=CC#N.CCC(C)C(N)=CC#N.CCC(N)=CC#N.CCCC(N)=CC#N.N#CC=C(N)C1CCCC1.N#CC=C(N)C1CCCCC1.N#CC=C(N)CC1CCCCC1. The summed E-state index contributed by atoms with van der Waals surface area (Å²) >= 11 is 0. The highest BCUT2D eigenvalue weighted by molar-refractivity contribution is 5.20. The maximum Gasteiger partial charge on any atom is 0.0930 e. The van der Waals surface area contributed by atoms with Crippen molar-refractivity contribution in [2.45, 2.75) is 277 Å². The van der Waals surface area contributed by atoms with Crippen molar-refractivity contribution in [1.82, 2.24) is 0 Å². The summed E-state index contributed by atoms with van der Waals surface area (Å²) < 4.78 is 0. The Hall–Kier alpha value is -10.7. The van der Waals surface area contributed by atoms with Gasteiger partial charge < -0.3 is 63.1 Å². The van der Waals surface area contributed by atoms with Gasteiger partial charge in [-0.05, 0) is 119 Å². The van der Waals surface area contributed by atoms with E-state index in [1.54, 1.807) is 0 Å². The first-order valence-electron chi connectivity index (χ1n) is 37.3. The quantitative estimate of drug-likeness (QED) is 0.0639. The molecule has 0 saturated heterocycles. The second-order valence-electron chi connectivity index (χ2n) is 28.5. The van der Waals surface area contributed by atoms with E-state index in [1.807, 2.05) is 129 Å². The number of hydrogen-bond acceptors (Lipinski definition) is 22. The van der Waals surface area contributed by atoms with Crippen LogP contribution in [0.15, 0.2) is 130 Å². The van der Waals surface area contributed by atoms with Crippen LogP contribution >= 0.6 is 0 Å². The monoisotopic (exact) mass is 1460 g/mol. The second-order valence-corrected chi connectivity index (χ2v) is 28.5. The van der Waals surface area contributed by atoms with Crippen LogP contribution in [0.3, 0.4) is 0 Å². The molecule has 4 rings (SSSR count). The van der Waals surface area contributed by atoms with Gasteiger partial charge in [0.05, 0.1) is 66.8 Å². The molecule has 1 unspecified atom stereocenters. The molecule has 22 N–H and O–H groups in total. The molecule has 22 heteroatoms. The lowest BCUT2D eigenvalue weighted by Gasteiger charge is -2.33. The van der Waals surface area contributed by atoms with E-state index in [4.69, 9.17) is 121 Å². The van der Waals surface area contributed by atoms with Crippen LogP contribution in [-0.2, 0) is 0 Å². The minimum atomic E-state index is -0.0737. The van der Waals surface area contributed by atoms with E-state index in [2.05, 4.69) is 41.5 Å². The number of allylic oxidation sites excluding steroid dienone is 22. The van der Waals surface area contributed by atoms with Crippen molar-refractivity contribution in [3.05, 3.63) is 130 Å². The molecular weight excluding hydrogens is 1320 g/mol. The molecule has 106 heavy (non-hydrogen) atoms. The lowest BCUT2D eigenvalue weighted by Crippen LogP contribution is -2.27. The minimum absolute atomic E-state index is 0.00965. The third-order valence-electron chi connectivity index (χ3n) is 18.0. The summed E-state index contributed by atoms with van der Waals surface area (Å²) in [6, 6.07) is 21.1. The highest BCUT2D eigenvalue weighted by atomic mass is 14.7. The van der Waals surface area contributed by atoms with Crippen LogP contribution in [-0.4, -0.2) is 0 Å². The number of nitriles is 11. The summed E-state index contributed by atoms with van der Waals surface area (Å²) in [5.74, 6) is 2.89. The standard InChI is InChI=1S/2C10H16N2.C9H14N2.C9H16N2.C8H12N2.3C7H12N2.2C6H10N2.C5H8N2/c1-10(9(12)5-8-11)6-3-2-4-7-10;11-7-6-10(12)8-9-4-2-1-3-5-9;10-7-6-9(11)8-4-2-1-3-5-8;1-4-9(3,5-2)8(11)6-7-10;9-6-5-8(10)7-3-1-2-4-7;1-7(2,3)6(9)4-5-8;1-6(2)5-7(9)3-4-8;1-3-6(2)7(9)4-5-8;1-5(2)6(8)3-4-7;1-2-3-6(8)4-5-7;1-2-5(7)3-4-6/h5H,2-4,6-7,12H2,1H3;6,9H,1-5,8,12H2;6,8H,1-5,11H2;6H,4-5,11H2,1-3H3;5,7H,1-4,10H2;4H,9H2,1-3H3;3,6H,5,9H2,1-2H3;4,6H,3,9H2,1-2H3;3,5H,8H2,1-2H3;4H,2-3,8H2,1H3;3H,2,7H2,1H3. The molecule has 0 amide bonds. The maximum atomic E-state index is 8.48. The zero-order valence-corrected chi connectivity index (χ0v) is 67.7. The second kappa shape index (κ2) is 71.3. The molecule has 0 aromatic rings. The van der Waals surface area contributed by atoms with E-state index in [1.165, 1.54) is 176 Å². The first-order valence-corrected chi connectivity index (χ1v) is 37.3. The first-order chi connectivity index (χ1) is 50.0. The van der Waals surface area contributed by atoms with E-state index in [0.717, 1.165) is 92.9 Å². The molecule has 584 valence electrons. The van der Waals surface area contributed by atoms with Crippen molar-refractivity contribution < 1.29 is 0 Å².